The smallest absolute Gasteiger partial charge is 0.418 e. The van der Waals surface area contributed by atoms with Crippen molar-refractivity contribution in [1.29, 1.82) is 0 Å². The van der Waals surface area contributed by atoms with E-state index in [-0.39, 0.29) is 0 Å². The van der Waals surface area contributed by atoms with Gasteiger partial charge in [-0.1, -0.05) is 6.58 Å². The number of rotatable bonds is 3. The normalized spacial score (nSPS) is 9.42. The number of amides is 2. The van der Waals surface area contributed by atoms with E-state index in [1.54, 1.807) is 0 Å². The molecule has 0 unspecified atom stereocenters. The van der Waals surface area contributed by atoms with Gasteiger partial charge in [0.05, 0.1) is 19.6 Å². The lowest BCUT2D eigenvalue weighted by molar-refractivity contribution is -0.122. The minimum Gasteiger partial charge on any atom is -0.503 e. The van der Waals surface area contributed by atoms with Gasteiger partial charge in [-0.2, -0.15) is 0 Å². The first-order valence-electron chi connectivity index (χ1n) is 3.01. The standard InChI is InChI=1S/C7H9NO4/c1-3-6(9)8(7(10)11)4-5-12-2/h3-5H,1H2,2H3,(H,10,11). The molecule has 0 fully saturated rings. The third-order valence-corrected chi connectivity index (χ3v) is 0.964. The van der Waals surface area contributed by atoms with Crippen LogP contribution in [0.1, 0.15) is 0 Å². The van der Waals surface area contributed by atoms with Crippen molar-refractivity contribution in [2.45, 2.75) is 0 Å². The number of imide groups is 1. The lowest BCUT2D eigenvalue weighted by atomic mass is 10.5. The summed E-state index contributed by atoms with van der Waals surface area (Å²) in [7, 11) is 1.34. The first-order valence-corrected chi connectivity index (χ1v) is 3.01. The number of nitrogens with zero attached hydrogens (tertiary/aromatic N) is 1. The van der Waals surface area contributed by atoms with E-state index in [0.29, 0.717) is 4.90 Å². The van der Waals surface area contributed by atoms with Crippen molar-refractivity contribution in [1.82, 2.24) is 4.90 Å². The molecule has 1 N–H and O–H groups in total. The highest BCUT2D eigenvalue weighted by molar-refractivity contribution is 5.98. The zero-order valence-corrected chi connectivity index (χ0v) is 6.56. The van der Waals surface area contributed by atoms with Crippen LogP contribution in [0.2, 0.25) is 0 Å². The zero-order valence-electron chi connectivity index (χ0n) is 6.56. The molecule has 66 valence electrons. The highest BCUT2D eigenvalue weighted by atomic mass is 16.5. The van der Waals surface area contributed by atoms with Crippen LogP contribution in [0.4, 0.5) is 4.79 Å². The number of methoxy groups -OCH3 is 1. The van der Waals surface area contributed by atoms with Crippen molar-refractivity contribution in [2.24, 2.45) is 0 Å². The number of hydrogen-bond acceptors (Lipinski definition) is 3. The Bertz CT molecular complexity index is 221. The van der Waals surface area contributed by atoms with Crippen LogP contribution in [0.15, 0.2) is 25.1 Å². The van der Waals surface area contributed by atoms with Crippen molar-refractivity contribution in [3.8, 4) is 0 Å². The predicted molar refractivity (Wildman–Crippen MR) is 41.2 cm³/mol. The highest BCUT2D eigenvalue weighted by Crippen LogP contribution is 1.93. The van der Waals surface area contributed by atoms with Crippen LogP contribution in [0, 0.1) is 0 Å². The van der Waals surface area contributed by atoms with Crippen molar-refractivity contribution in [3.05, 3.63) is 25.1 Å². The second-order valence-corrected chi connectivity index (χ2v) is 1.72. The lowest BCUT2D eigenvalue weighted by Gasteiger charge is -2.08. The lowest BCUT2D eigenvalue weighted by Crippen LogP contribution is -2.29. The first kappa shape index (κ1) is 10.2. The summed E-state index contributed by atoms with van der Waals surface area (Å²) in [5.74, 6) is -0.726. The fraction of sp³-hybridized carbons (Fsp3) is 0.143. The van der Waals surface area contributed by atoms with Gasteiger partial charge in [-0.15, -0.1) is 0 Å². The van der Waals surface area contributed by atoms with E-state index in [0.717, 1.165) is 18.5 Å². The SMILES string of the molecule is C=CC(=O)N(C=COC)C(=O)O. The second-order valence-electron chi connectivity index (χ2n) is 1.72. The molecule has 0 atom stereocenters. The molecule has 0 aromatic heterocycles. The van der Waals surface area contributed by atoms with E-state index in [4.69, 9.17) is 5.11 Å². The summed E-state index contributed by atoms with van der Waals surface area (Å²) in [6.07, 6.45) is 1.59. The minimum absolute atomic E-state index is 0.455. The van der Waals surface area contributed by atoms with Crippen molar-refractivity contribution < 1.29 is 19.4 Å². The maximum absolute atomic E-state index is 10.8. The number of ether oxygens (including phenoxy) is 1. The molecule has 0 aromatic carbocycles. The van der Waals surface area contributed by atoms with Crippen molar-refractivity contribution in [3.63, 3.8) is 0 Å². The summed E-state index contributed by atoms with van der Waals surface area (Å²) in [6, 6.07) is 0. The monoisotopic (exact) mass is 171 g/mol. The number of carbonyl (C=O) groups is 2. The summed E-state index contributed by atoms with van der Waals surface area (Å²) in [6.45, 7) is 3.14. The highest BCUT2D eigenvalue weighted by Gasteiger charge is 2.13. The van der Waals surface area contributed by atoms with Gasteiger partial charge in [0.1, 0.15) is 0 Å². The fourth-order valence-corrected chi connectivity index (χ4v) is 0.452. The molecule has 0 heterocycles. The molecule has 0 saturated heterocycles. The maximum Gasteiger partial charge on any atom is 0.418 e. The van der Waals surface area contributed by atoms with Gasteiger partial charge in [-0.05, 0) is 6.08 Å². The molecule has 0 spiro atoms. The average molecular weight is 171 g/mol. The average Bonchev–Trinajstić information content (AvgIpc) is 2.04. The Morgan fingerprint density at radius 3 is 2.50 bits per heavy atom. The van der Waals surface area contributed by atoms with Gasteiger partial charge in [-0.25, -0.2) is 9.69 Å². The Kier molecular flexibility index (Phi) is 4.21. The summed E-state index contributed by atoms with van der Waals surface area (Å²) in [4.78, 5) is 21.6. The van der Waals surface area contributed by atoms with Crippen LogP contribution in [-0.2, 0) is 9.53 Å². The Morgan fingerprint density at radius 1 is 1.58 bits per heavy atom. The summed E-state index contributed by atoms with van der Waals surface area (Å²) >= 11 is 0. The molecule has 0 radical (unpaired) electrons. The van der Waals surface area contributed by atoms with Crippen LogP contribution in [0.5, 0.6) is 0 Å². The van der Waals surface area contributed by atoms with Crippen molar-refractivity contribution in [2.75, 3.05) is 7.11 Å². The van der Waals surface area contributed by atoms with Gasteiger partial charge in [0.2, 0.25) is 0 Å². The zero-order chi connectivity index (χ0) is 9.56. The van der Waals surface area contributed by atoms with Gasteiger partial charge in [0.25, 0.3) is 5.91 Å². The van der Waals surface area contributed by atoms with Gasteiger partial charge >= 0.3 is 6.09 Å². The Hall–Kier alpha value is -1.78. The van der Waals surface area contributed by atoms with E-state index in [2.05, 4.69) is 11.3 Å². The molecular weight excluding hydrogens is 162 g/mol. The Labute approximate surface area is 69.5 Å². The predicted octanol–water partition coefficient (Wildman–Crippen LogP) is 0.797. The van der Waals surface area contributed by atoms with Crippen LogP contribution >= 0.6 is 0 Å². The van der Waals surface area contributed by atoms with E-state index in [1.165, 1.54) is 7.11 Å². The molecule has 0 aliphatic rings. The van der Waals surface area contributed by atoms with E-state index in [9.17, 15) is 9.59 Å². The maximum atomic E-state index is 10.8. The van der Waals surface area contributed by atoms with Gasteiger partial charge in [0.15, 0.2) is 0 Å². The topological polar surface area (TPSA) is 66.8 Å². The van der Waals surface area contributed by atoms with Crippen LogP contribution in [0.25, 0.3) is 0 Å². The minimum atomic E-state index is -1.38. The second kappa shape index (κ2) is 4.95. The number of carbonyl (C=O) groups excluding carboxylic acids is 1. The molecule has 0 bridgehead atoms. The molecule has 0 aliphatic heterocycles. The first-order chi connectivity index (χ1) is 5.63. The fourth-order valence-electron chi connectivity index (χ4n) is 0.452. The number of hydrogen-bond donors (Lipinski definition) is 1. The summed E-state index contributed by atoms with van der Waals surface area (Å²) < 4.78 is 4.45. The molecule has 5 nitrogen and oxygen atoms in total. The quantitative estimate of drug-likeness (QED) is 0.503. The van der Waals surface area contributed by atoms with Gasteiger partial charge < -0.3 is 9.84 Å². The molecule has 2 amide bonds. The van der Waals surface area contributed by atoms with Gasteiger partial charge in [0, 0.05) is 0 Å². The molecule has 0 aromatic rings. The largest absolute Gasteiger partial charge is 0.503 e. The third-order valence-electron chi connectivity index (χ3n) is 0.964. The van der Waals surface area contributed by atoms with Crippen LogP contribution in [0.3, 0.4) is 0 Å². The molecule has 12 heavy (non-hydrogen) atoms. The molecule has 0 aliphatic carbocycles. The van der Waals surface area contributed by atoms with Crippen LogP contribution < -0.4 is 0 Å². The van der Waals surface area contributed by atoms with Crippen molar-refractivity contribution >= 4 is 12.0 Å². The third kappa shape index (κ3) is 2.87. The molecule has 0 saturated carbocycles. The van der Waals surface area contributed by atoms with E-state index in [1.807, 2.05) is 0 Å². The van der Waals surface area contributed by atoms with Gasteiger partial charge in [-0.3, -0.25) is 4.79 Å². The molecule has 5 heteroatoms. The Morgan fingerprint density at radius 2 is 2.17 bits per heavy atom. The van der Waals surface area contributed by atoms with E-state index >= 15 is 0 Å². The summed E-state index contributed by atoms with van der Waals surface area (Å²) in [5.41, 5.74) is 0. The Balaban J connectivity index is 4.43. The molecule has 0 rings (SSSR count). The molecular formula is C7H9NO4. The van der Waals surface area contributed by atoms with E-state index < -0.39 is 12.0 Å². The van der Waals surface area contributed by atoms with Crippen LogP contribution in [-0.4, -0.2) is 29.1 Å². The summed E-state index contributed by atoms with van der Waals surface area (Å²) in [5, 5.41) is 8.45. The number of carboxylic acid groups (broad SMARTS) is 1.